The number of hydrogen-bond donors (Lipinski definition) is 2. The lowest BCUT2D eigenvalue weighted by atomic mass is 9.93. The van der Waals surface area contributed by atoms with Crippen LogP contribution in [-0.2, 0) is 0 Å². The molecule has 2 nitrogen and oxygen atoms in total. The lowest BCUT2D eigenvalue weighted by Gasteiger charge is -2.13. The Morgan fingerprint density at radius 3 is 2.10 bits per heavy atom. The molecule has 0 unspecified atom stereocenters. The Balaban J connectivity index is 2.26. The highest BCUT2D eigenvalue weighted by molar-refractivity contribution is 5.88. The first-order valence-electron chi connectivity index (χ1n) is 6.91. The summed E-state index contributed by atoms with van der Waals surface area (Å²) in [7, 11) is 0. The van der Waals surface area contributed by atoms with Crippen molar-refractivity contribution >= 4 is 5.69 Å². The summed E-state index contributed by atoms with van der Waals surface area (Å²) < 4.78 is 0. The van der Waals surface area contributed by atoms with E-state index in [9.17, 15) is 5.11 Å². The van der Waals surface area contributed by atoms with Gasteiger partial charge in [0, 0.05) is 5.56 Å². The average molecular weight is 275 g/mol. The standard InChI is InChI=1S/C19H17NO/c1-13-11-17(19(21)18(20)12-13)16-10-6-5-9-15(16)14-7-3-2-4-8-14/h2-12,21H,20H2,1H3. The summed E-state index contributed by atoms with van der Waals surface area (Å²) in [5.74, 6) is 0.143. The van der Waals surface area contributed by atoms with Crippen molar-refractivity contribution in [2.45, 2.75) is 6.92 Å². The van der Waals surface area contributed by atoms with Gasteiger partial charge in [0.15, 0.2) is 0 Å². The van der Waals surface area contributed by atoms with Crippen LogP contribution < -0.4 is 5.73 Å². The molecule has 0 aliphatic rings. The number of phenols is 1. The quantitative estimate of drug-likeness (QED) is 0.529. The zero-order valence-corrected chi connectivity index (χ0v) is 11.9. The molecule has 0 bridgehead atoms. The van der Waals surface area contributed by atoms with Gasteiger partial charge in [0.25, 0.3) is 0 Å². The van der Waals surface area contributed by atoms with Gasteiger partial charge in [-0.25, -0.2) is 0 Å². The van der Waals surface area contributed by atoms with E-state index in [0.717, 1.165) is 27.8 Å². The fourth-order valence-corrected chi connectivity index (χ4v) is 2.60. The summed E-state index contributed by atoms with van der Waals surface area (Å²) in [5, 5.41) is 10.3. The smallest absolute Gasteiger partial charge is 0.146 e. The topological polar surface area (TPSA) is 46.2 Å². The molecule has 0 aromatic heterocycles. The molecule has 3 aromatic rings. The summed E-state index contributed by atoms with van der Waals surface area (Å²) in [5.41, 5.74) is 11.3. The Kier molecular flexibility index (Phi) is 3.36. The Hall–Kier alpha value is -2.74. The van der Waals surface area contributed by atoms with E-state index in [-0.39, 0.29) is 5.75 Å². The minimum atomic E-state index is 0.143. The molecule has 0 aliphatic carbocycles. The van der Waals surface area contributed by atoms with Crippen LogP contribution in [0.15, 0.2) is 66.7 Å². The molecule has 0 radical (unpaired) electrons. The van der Waals surface area contributed by atoms with Crippen LogP contribution in [0.3, 0.4) is 0 Å². The van der Waals surface area contributed by atoms with Crippen molar-refractivity contribution in [3.8, 4) is 28.0 Å². The van der Waals surface area contributed by atoms with Gasteiger partial charge in [0.1, 0.15) is 5.75 Å². The summed E-state index contributed by atoms with van der Waals surface area (Å²) in [6.07, 6.45) is 0. The third-order valence-corrected chi connectivity index (χ3v) is 3.59. The number of nitrogen functional groups attached to an aromatic ring is 1. The van der Waals surface area contributed by atoms with Crippen LogP contribution in [0.4, 0.5) is 5.69 Å². The van der Waals surface area contributed by atoms with E-state index in [4.69, 9.17) is 5.73 Å². The second-order valence-electron chi connectivity index (χ2n) is 5.16. The highest BCUT2D eigenvalue weighted by Crippen LogP contribution is 2.40. The molecule has 0 saturated carbocycles. The van der Waals surface area contributed by atoms with Gasteiger partial charge in [-0.3, -0.25) is 0 Å². The zero-order chi connectivity index (χ0) is 14.8. The third-order valence-electron chi connectivity index (χ3n) is 3.59. The maximum Gasteiger partial charge on any atom is 0.146 e. The normalized spacial score (nSPS) is 10.5. The molecular formula is C19H17NO. The zero-order valence-electron chi connectivity index (χ0n) is 11.9. The van der Waals surface area contributed by atoms with E-state index >= 15 is 0 Å². The molecule has 0 heterocycles. The molecule has 21 heavy (non-hydrogen) atoms. The Morgan fingerprint density at radius 2 is 1.38 bits per heavy atom. The molecule has 3 rings (SSSR count). The van der Waals surface area contributed by atoms with Crippen molar-refractivity contribution in [2.24, 2.45) is 0 Å². The van der Waals surface area contributed by atoms with Gasteiger partial charge in [-0.2, -0.15) is 0 Å². The van der Waals surface area contributed by atoms with E-state index in [0.29, 0.717) is 5.69 Å². The predicted octanol–water partition coefficient (Wildman–Crippen LogP) is 4.62. The highest BCUT2D eigenvalue weighted by Gasteiger charge is 2.13. The number of phenolic OH excluding ortho intramolecular Hbond substituents is 1. The number of nitrogens with two attached hydrogens (primary N) is 1. The van der Waals surface area contributed by atoms with Crippen LogP contribution in [0, 0.1) is 6.92 Å². The number of aryl methyl sites for hydroxylation is 1. The predicted molar refractivity (Wildman–Crippen MR) is 88.1 cm³/mol. The highest BCUT2D eigenvalue weighted by atomic mass is 16.3. The van der Waals surface area contributed by atoms with Gasteiger partial charge in [-0.15, -0.1) is 0 Å². The van der Waals surface area contributed by atoms with E-state index < -0.39 is 0 Å². The van der Waals surface area contributed by atoms with Gasteiger partial charge in [0.05, 0.1) is 5.69 Å². The molecular weight excluding hydrogens is 258 g/mol. The van der Waals surface area contributed by atoms with Gasteiger partial charge in [-0.05, 0) is 41.3 Å². The second-order valence-corrected chi connectivity index (χ2v) is 5.16. The summed E-state index contributed by atoms with van der Waals surface area (Å²) in [4.78, 5) is 0. The molecule has 0 saturated heterocycles. The molecule has 0 amide bonds. The van der Waals surface area contributed by atoms with E-state index in [1.54, 1.807) is 6.07 Å². The van der Waals surface area contributed by atoms with Crippen molar-refractivity contribution in [1.29, 1.82) is 0 Å². The summed E-state index contributed by atoms with van der Waals surface area (Å²) >= 11 is 0. The van der Waals surface area contributed by atoms with E-state index in [2.05, 4.69) is 18.2 Å². The molecule has 2 heteroatoms. The SMILES string of the molecule is Cc1cc(N)c(O)c(-c2ccccc2-c2ccccc2)c1. The fourth-order valence-electron chi connectivity index (χ4n) is 2.60. The van der Waals surface area contributed by atoms with Gasteiger partial charge in [0.2, 0.25) is 0 Å². The van der Waals surface area contributed by atoms with Crippen LogP contribution >= 0.6 is 0 Å². The Labute approximate surface area is 124 Å². The first-order chi connectivity index (χ1) is 10.2. The summed E-state index contributed by atoms with van der Waals surface area (Å²) in [6, 6.07) is 21.9. The van der Waals surface area contributed by atoms with Gasteiger partial charge >= 0.3 is 0 Å². The number of anilines is 1. The molecule has 0 spiro atoms. The van der Waals surface area contributed by atoms with E-state index in [1.807, 2.05) is 49.4 Å². The van der Waals surface area contributed by atoms with Crippen molar-refractivity contribution in [3.63, 3.8) is 0 Å². The maximum atomic E-state index is 10.3. The minimum Gasteiger partial charge on any atom is -0.505 e. The molecule has 3 N–H and O–H groups in total. The molecule has 0 aliphatic heterocycles. The molecule has 104 valence electrons. The average Bonchev–Trinajstić information content (AvgIpc) is 2.52. The first kappa shape index (κ1) is 13.3. The minimum absolute atomic E-state index is 0.143. The van der Waals surface area contributed by atoms with E-state index in [1.165, 1.54) is 0 Å². The molecule has 3 aromatic carbocycles. The number of benzene rings is 3. The maximum absolute atomic E-state index is 10.3. The molecule has 0 atom stereocenters. The van der Waals surface area contributed by atoms with Crippen molar-refractivity contribution < 1.29 is 5.11 Å². The Bertz CT molecular complexity index is 779. The van der Waals surface area contributed by atoms with Crippen molar-refractivity contribution in [1.82, 2.24) is 0 Å². The number of aromatic hydroxyl groups is 1. The number of hydrogen-bond acceptors (Lipinski definition) is 2. The van der Waals surface area contributed by atoms with Crippen molar-refractivity contribution in [2.75, 3.05) is 5.73 Å². The van der Waals surface area contributed by atoms with Crippen LogP contribution in [0.1, 0.15) is 5.56 Å². The second kappa shape index (κ2) is 5.33. The summed E-state index contributed by atoms with van der Waals surface area (Å²) in [6.45, 7) is 1.98. The first-order valence-corrected chi connectivity index (χ1v) is 6.91. The molecule has 0 fully saturated rings. The lowest BCUT2D eigenvalue weighted by Crippen LogP contribution is -1.92. The van der Waals surface area contributed by atoms with Crippen molar-refractivity contribution in [3.05, 3.63) is 72.3 Å². The fraction of sp³-hybridized carbons (Fsp3) is 0.0526. The van der Waals surface area contributed by atoms with Crippen LogP contribution in [0.5, 0.6) is 5.75 Å². The van der Waals surface area contributed by atoms with Crippen LogP contribution in [0.25, 0.3) is 22.3 Å². The number of rotatable bonds is 2. The van der Waals surface area contributed by atoms with Gasteiger partial charge < -0.3 is 10.8 Å². The van der Waals surface area contributed by atoms with Gasteiger partial charge in [-0.1, -0.05) is 54.6 Å². The third kappa shape index (κ3) is 2.48. The monoisotopic (exact) mass is 275 g/mol. The largest absolute Gasteiger partial charge is 0.505 e. The Morgan fingerprint density at radius 1 is 0.762 bits per heavy atom. The van der Waals surface area contributed by atoms with Crippen LogP contribution in [-0.4, -0.2) is 5.11 Å². The van der Waals surface area contributed by atoms with Crippen LogP contribution in [0.2, 0.25) is 0 Å². The lowest BCUT2D eigenvalue weighted by molar-refractivity contribution is 0.480.